The molecular formula is C11H27N3O. The van der Waals surface area contributed by atoms with Crippen LogP contribution in [0.1, 0.15) is 13.3 Å². The van der Waals surface area contributed by atoms with Gasteiger partial charge < -0.3 is 15.4 Å². The molecule has 0 aliphatic heterocycles. The van der Waals surface area contributed by atoms with Crippen LogP contribution in [-0.2, 0) is 4.74 Å². The van der Waals surface area contributed by atoms with Gasteiger partial charge in [0.15, 0.2) is 0 Å². The maximum Gasteiger partial charge on any atom is 0.0480 e. The monoisotopic (exact) mass is 217 g/mol. The molecule has 0 aromatic heterocycles. The molecule has 0 rings (SSSR count). The average Bonchev–Trinajstić information content (AvgIpc) is 2.22. The first-order valence-corrected chi connectivity index (χ1v) is 5.51. The zero-order valence-electron chi connectivity index (χ0n) is 10.9. The van der Waals surface area contributed by atoms with Crippen LogP contribution in [0.2, 0.25) is 0 Å². The lowest BCUT2D eigenvalue weighted by Gasteiger charge is -2.38. The van der Waals surface area contributed by atoms with E-state index in [2.05, 4.69) is 37.9 Å². The number of rotatable bonds is 8. The summed E-state index contributed by atoms with van der Waals surface area (Å²) in [6.45, 7) is 5.71. The maximum atomic E-state index is 5.84. The lowest BCUT2D eigenvalue weighted by molar-refractivity contribution is 0.0841. The van der Waals surface area contributed by atoms with Crippen LogP contribution in [0.3, 0.4) is 0 Å². The van der Waals surface area contributed by atoms with Crippen LogP contribution in [0.4, 0.5) is 0 Å². The molecule has 0 aromatic carbocycles. The van der Waals surface area contributed by atoms with Gasteiger partial charge in [0.05, 0.1) is 0 Å². The van der Waals surface area contributed by atoms with Gasteiger partial charge in [0.25, 0.3) is 0 Å². The molecular weight excluding hydrogens is 190 g/mol. The van der Waals surface area contributed by atoms with E-state index in [4.69, 9.17) is 10.5 Å². The molecule has 1 unspecified atom stereocenters. The van der Waals surface area contributed by atoms with E-state index >= 15 is 0 Å². The Bertz CT molecular complexity index is 164. The predicted molar refractivity (Wildman–Crippen MR) is 65.1 cm³/mol. The summed E-state index contributed by atoms with van der Waals surface area (Å²) in [4.78, 5) is 4.51. The Balaban J connectivity index is 4.11. The first kappa shape index (κ1) is 14.8. The van der Waals surface area contributed by atoms with Crippen molar-refractivity contribution in [2.75, 3.05) is 54.5 Å². The van der Waals surface area contributed by atoms with Gasteiger partial charge in [-0.1, -0.05) is 0 Å². The fourth-order valence-electron chi connectivity index (χ4n) is 1.39. The second-order valence-corrected chi connectivity index (χ2v) is 4.67. The van der Waals surface area contributed by atoms with Crippen molar-refractivity contribution in [1.82, 2.24) is 9.80 Å². The van der Waals surface area contributed by atoms with Crippen LogP contribution in [0.25, 0.3) is 0 Å². The van der Waals surface area contributed by atoms with Crippen LogP contribution >= 0.6 is 0 Å². The Morgan fingerprint density at radius 1 is 1.20 bits per heavy atom. The van der Waals surface area contributed by atoms with Gasteiger partial charge in [0.2, 0.25) is 0 Å². The molecule has 15 heavy (non-hydrogen) atoms. The van der Waals surface area contributed by atoms with E-state index in [1.54, 1.807) is 7.11 Å². The highest BCUT2D eigenvalue weighted by Crippen LogP contribution is 2.16. The number of nitrogens with two attached hydrogens (primary N) is 1. The minimum absolute atomic E-state index is 0.0476. The fraction of sp³-hybridized carbons (Fsp3) is 1.00. The highest BCUT2D eigenvalue weighted by Gasteiger charge is 2.26. The molecule has 2 N–H and O–H groups in total. The standard InChI is InChI=1S/C11H27N3O/c1-11(10-12,6-9-15-5)14(4)8-7-13(2)3/h6-10,12H2,1-5H3. The summed E-state index contributed by atoms with van der Waals surface area (Å²) in [5.74, 6) is 0. The third-order valence-corrected chi connectivity index (χ3v) is 3.09. The summed E-state index contributed by atoms with van der Waals surface area (Å²) in [7, 11) is 8.04. The molecule has 0 fully saturated rings. The van der Waals surface area contributed by atoms with Crippen molar-refractivity contribution in [2.45, 2.75) is 18.9 Å². The number of likely N-dealkylation sites (N-methyl/N-ethyl adjacent to an activating group) is 2. The van der Waals surface area contributed by atoms with E-state index in [-0.39, 0.29) is 5.54 Å². The minimum atomic E-state index is 0.0476. The minimum Gasteiger partial charge on any atom is -0.385 e. The molecule has 0 amide bonds. The van der Waals surface area contributed by atoms with E-state index < -0.39 is 0 Å². The lowest BCUT2D eigenvalue weighted by atomic mass is 9.96. The van der Waals surface area contributed by atoms with Crippen molar-refractivity contribution in [3.05, 3.63) is 0 Å². The third-order valence-electron chi connectivity index (χ3n) is 3.09. The first-order chi connectivity index (χ1) is 6.96. The van der Waals surface area contributed by atoms with Crippen molar-refractivity contribution in [1.29, 1.82) is 0 Å². The quantitative estimate of drug-likeness (QED) is 0.632. The van der Waals surface area contributed by atoms with Gasteiger partial charge in [-0.15, -0.1) is 0 Å². The average molecular weight is 217 g/mol. The van der Waals surface area contributed by atoms with Crippen LogP contribution < -0.4 is 5.73 Å². The molecule has 0 aliphatic rings. The van der Waals surface area contributed by atoms with Gasteiger partial charge >= 0.3 is 0 Å². The number of methoxy groups -OCH3 is 1. The van der Waals surface area contributed by atoms with Crippen LogP contribution in [0.5, 0.6) is 0 Å². The number of hydrogen-bond acceptors (Lipinski definition) is 4. The molecule has 0 aliphatic carbocycles. The Morgan fingerprint density at radius 3 is 2.20 bits per heavy atom. The second-order valence-electron chi connectivity index (χ2n) is 4.67. The summed E-state index contributed by atoms with van der Waals surface area (Å²) in [5, 5.41) is 0. The van der Waals surface area contributed by atoms with Gasteiger partial charge in [-0.25, -0.2) is 0 Å². The Labute approximate surface area is 94.4 Å². The Hall–Kier alpha value is -0.160. The third kappa shape index (κ3) is 5.47. The molecule has 4 nitrogen and oxygen atoms in total. The molecule has 0 bridgehead atoms. The SMILES string of the molecule is COCCC(C)(CN)N(C)CCN(C)C. The fourth-order valence-corrected chi connectivity index (χ4v) is 1.39. The topological polar surface area (TPSA) is 41.7 Å². The molecule has 0 radical (unpaired) electrons. The second kappa shape index (κ2) is 7.17. The zero-order valence-corrected chi connectivity index (χ0v) is 10.9. The van der Waals surface area contributed by atoms with Crippen LogP contribution in [-0.4, -0.2) is 69.8 Å². The van der Waals surface area contributed by atoms with Crippen molar-refractivity contribution < 1.29 is 4.74 Å². The summed E-state index contributed by atoms with van der Waals surface area (Å²) >= 11 is 0. The summed E-state index contributed by atoms with van der Waals surface area (Å²) < 4.78 is 5.12. The van der Waals surface area contributed by atoms with Gasteiger partial charge in [0.1, 0.15) is 0 Å². The molecule has 92 valence electrons. The first-order valence-electron chi connectivity index (χ1n) is 5.51. The molecule has 1 atom stereocenters. The molecule has 4 heteroatoms. The summed E-state index contributed by atoms with van der Waals surface area (Å²) in [6, 6.07) is 0. The Kier molecular flexibility index (Phi) is 7.09. The van der Waals surface area contributed by atoms with Crippen molar-refractivity contribution in [3.8, 4) is 0 Å². The van der Waals surface area contributed by atoms with E-state index in [1.165, 1.54) is 0 Å². The summed E-state index contributed by atoms with van der Waals surface area (Å²) in [6.07, 6.45) is 0.976. The van der Waals surface area contributed by atoms with Gasteiger partial charge in [-0.3, -0.25) is 4.90 Å². The number of nitrogens with zero attached hydrogens (tertiary/aromatic N) is 2. The summed E-state index contributed by atoms with van der Waals surface area (Å²) in [5.41, 5.74) is 5.89. The maximum absolute atomic E-state index is 5.84. The van der Waals surface area contributed by atoms with Crippen LogP contribution in [0.15, 0.2) is 0 Å². The highest BCUT2D eigenvalue weighted by atomic mass is 16.5. The zero-order chi connectivity index (χ0) is 11.9. The van der Waals surface area contributed by atoms with Crippen LogP contribution in [0, 0.1) is 0 Å². The van der Waals surface area contributed by atoms with Crippen molar-refractivity contribution in [3.63, 3.8) is 0 Å². The lowest BCUT2D eigenvalue weighted by Crippen LogP contribution is -2.52. The molecule has 0 heterocycles. The number of ether oxygens (including phenoxy) is 1. The molecule has 0 saturated carbocycles. The van der Waals surface area contributed by atoms with E-state index in [9.17, 15) is 0 Å². The highest BCUT2D eigenvalue weighted by molar-refractivity contribution is 4.85. The van der Waals surface area contributed by atoms with Crippen molar-refractivity contribution >= 4 is 0 Å². The number of hydrogen-bond donors (Lipinski definition) is 1. The van der Waals surface area contributed by atoms with Gasteiger partial charge in [-0.05, 0) is 34.5 Å². The van der Waals surface area contributed by atoms with Gasteiger partial charge in [-0.2, -0.15) is 0 Å². The normalized spacial score (nSPS) is 16.0. The van der Waals surface area contributed by atoms with E-state index in [1.807, 2.05) is 0 Å². The largest absolute Gasteiger partial charge is 0.385 e. The van der Waals surface area contributed by atoms with Crippen molar-refractivity contribution in [2.24, 2.45) is 5.73 Å². The van der Waals surface area contributed by atoms with Gasteiger partial charge in [0, 0.05) is 38.9 Å². The van der Waals surface area contributed by atoms with E-state index in [0.717, 1.165) is 26.1 Å². The predicted octanol–water partition coefficient (Wildman–Crippen LogP) is 0.234. The molecule has 0 aromatic rings. The molecule has 0 spiro atoms. The van der Waals surface area contributed by atoms with E-state index in [0.29, 0.717) is 6.54 Å². The molecule has 0 saturated heterocycles. The smallest absolute Gasteiger partial charge is 0.0480 e. The Morgan fingerprint density at radius 2 is 1.80 bits per heavy atom.